The molecule has 0 fully saturated rings. The molecule has 0 bridgehead atoms. The number of hydrogen-bond donors (Lipinski definition) is 1. The molecule has 0 aromatic heterocycles. The van der Waals surface area contributed by atoms with Gasteiger partial charge in [-0.2, -0.15) is 0 Å². The summed E-state index contributed by atoms with van der Waals surface area (Å²) in [4.78, 5) is 0. The van der Waals surface area contributed by atoms with Crippen LogP contribution >= 0.6 is 0 Å². The minimum atomic E-state index is -0.570. The summed E-state index contributed by atoms with van der Waals surface area (Å²) in [6.45, 7) is 2.29. The molecule has 0 amide bonds. The van der Waals surface area contributed by atoms with Gasteiger partial charge in [-0.25, -0.2) is 0 Å². The van der Waals surface area contributed by atoms with E-state index in [1.807, 2.05) is 25.1 Å². The molecule has 0 aliphatic rings. The van der Waals surface area contributed by atoms with Crippen LogP contribution in [0.4, 0.5) is 0 Å². The molecule has 0 heterocycles. The average Bonchev–Trinajstić information content (AvgIpc) is 2.36. The fourth-order valence-electron chi connectivity index (χ4n) is 1.61. The fourth-order valence-corrected chi connectivity index (χ4v) is 1.61. The predicted octanol–water partition coefficient (Wildman–Crippen LogP) is 1.52. The van der Waals surface area contributed by atoms with E-state index in [-0.39, 0.29) is 0 Å². The summed E-state index contributed by atoms with van der Waals surface area (Å²) < 4.78 is 16.1. The highest BCUT2D eigenvalue weighted by molar-refractivity contribution is 5.49. The van der Waals surface area contributed by atoms with E-state index < -0.39 is 5.60 Å². The molecule has 1 aromatic rings. The zero-order chi connectivity index (χ0) is 12.2. The summed E-state index contributed by atoms with van der Waals surface area (Å²) in [5.74, 6) is 1.34. The number of nitrogens with two attached hydrogens (primary N) is 1. The highest BCUT2D eigenvalue weighted by atomic mass is 16.5. The van der Waals surface area contributed by atoms with Gasteiger partial charge in [-0.15, -0.1) is 0 Å². The quantitative estimate of drug-likeness (QED) is 0.825. The Morgan fingerprint density at radius 1 is 1.19 bits per heavy atom. The van der Waals surface area contributed by atoms with Crippen LogP contribution in [0.25, 0.3) is 0 Å². The summed E-state index contributed by atoms with van der Waals surface area (Å²) >= 11 is 0. The van der Waals surface area contributed by atoms with Crippen LogP contribution in [0, 0.1) is 0 Å². The highest BCUT2D eigenvalue weighted by Crippen LogP contribution is 2.38. The zero-order valence-electron chi connectivity index (χ0n) is 10.2. The van der Waals surface area contributed by atoms with Crippen LogP contribution in [-0.2, 0) is 10.3 Å². The largest absolute Gasteiger partial charge is 0.493 e. The lowest BCUT2D eigenvalue weighted by molar-refractivity contribution is 0.00796. The molecule has 4 nitrogen and oxygen atoms in total. The molecule has 0 aliphatic carbocycles. The summed E-state index contributed by atoms with van der Waals surface area (Å²) in [6.07, 6.45) is 0. The number of rotatable bonds is 5. The molecule has 0 saturated heterocycles. The molecule has 0 aliphatic heterocycles. The maximum atomic E-state index is 5.74. The summed E-state index contributed by atoms with van der Waals surface area (Å²) in [7, 11) is 4.84. The molecular weight excluding hydrogens is 206 g/mol. The van der Waals surface area contributed by atoms with Crippen molar-refractivity contribution in [3.8, 4) is 11.5 Å². The second-order valence-electron chi connectivity index (χ2n) is 3.68. The van der Waals surface area contributed by atoms with E-state index in [4.69, 9.17) is 19.9 Å². The zero-order valence-corrected chi connectivity index (χ0v) is 10.2. The third-order valence-corrected chi connectivity index (χ3v) is 2.81. The second kappa shape index (κ2) is 5.18. The molecule has 0 radical (unpaired) electrons. The topological polar surface area (TPSA) is 53.7 Å². The molecule has 1 unspecified atom stereocenters. The predicted molar refractivity (Wildman–Crippen MR) is 63.0 cm³/mol. The van der Waals surface area contributed by atoms with Gasteiger partial charge in [0.15, 0.2) is 11.5 Å². The number of benzene rings is 1. The van der Waals surface area contributed by atoms with Crippen molar-refractivity contribution < 1.29 is 14.2 Å². The SMILES string of the molecule is COc1cccc(C(C)(CN)OC)c1OC. The lowest BCUT2D eigenvalue weighted by atomic mass is 9.94. The van der Waals surface area contributed by atoms with E-state index in [0.29, 0.717) is 18.0 Å². The maximum Gasteiger partial charge on any atom is 0.166 e. The lowest BCUT2D eigenvalue weighted by Crippen LogP contribution is -2.34. The van der Waals surface area contributed by atoms with Gasteiger partial charge >= 0.3 is 0 Å². The third-order valence-electron chi connectivity index (χ3n) is 2.81. The Hall–Kier alpha value is -1.26. The van der Waals surface area contributed by atoms with E-state index in [1.54, 1.807) is 21.3 Å². The van der Waals surface area contributed by atoms with Gasteiger partial charge in [-0.1, -0.05) is 12.1 Å². The maximum absolute atomic E-state index is 5.74. The van der Waals surface area contributed by atoms with Gasteiger partial charge in [-0.3, -0.25) is 0 Å². The van der Waals surface area contributed by atoms with Gasteiger partial charge in [0.2, 0.25) is 0 Å². The standard InChI is InChI=1S/C12H19NO3/c1-12(8-13,16-4)9-6-5-7-10(14-2)11(9)15-3/h5-7H,8,13H2,1-4H3. The second-order valence-corrected chi connectivity index (χ2v) is 3.68. The minimum absolute atomic E-state index is 0.368. The van der Waals surface area contributed by atoms with Crippen molar-refractivity contribution >= 4 is 0 Å². The first kappa shape index (κ1) is 12.8. The Labute approximate surface area is 96.3 Å². The van der Waals surface area contributed by atoms with Crippen LogP contribution in [0.5, 0.6) is 11.5 Å². The van der Waals surface area contributed by atoms with Crippen LogP contribution in [-0.4, -0.2) is 27.9 Å². The van der Waals surface area contributed by atoms with Crippen LogP contribution in [0.15, 0.2) is 18.2 Å². The van der Waals surface area contributed by atoms with E-state index in [1.165, 1.54) is 0 Å². The molecule has 4 heteroatoms. The molecule has 0 spiro atoms. The van der Waals surface area contributed by atoms with Crippen molar-refractivity contribution in [2.75, 3.05) is 27.9 Å². The number of methoxy groups -OCH3 is 3. The number of ether oxygens (including phenoxy) is 3. The van der Waals surface area contributed by atoms with Gasteiger partial charge in [0.1, 0.15) is 5.60 Å². The lowest BCUT2D eigenvalue weighted by Gasteiger charge is -2.29. The first-order chi connectivity index (χ1) is 7.62. The van der Waals surface area contributed by atoms with E-state index in [2.05, 4.69) is 0 Å². The van der Waals surface area contributed by atoms with Gasteiger partial charge in [0, 0.05) is 19.2 Å². The summed E-state index contributed by atoms with van der Waals surface area (Å²) in [5, 5.41) is 0. The average molecular weight is 225 g/mol. The van der Waals surface area contributed by atoms with E-state index in [9.17, 15) is 0 Å². The van der Waals surface area contributed by atoms with Crippen LogP contribution in [0.1, 0.15) is 12.5 Å². The molecule has 0 saturated carbocycles. The summed E-state index contributed by atoms with van der Waals surface area (Å²) in [6, 6.07) is 5.66. The first-order valence-corrected chi connectivity index (χ1v) is 5.09. The number of hydrogen-bond acceptors (Lipinski definition) is 4. The van der Waals surface area contributed by atoms with Crippen LogP contribution in [0.2, 0.25) is 0 Å². The van der Waals surface area contributed by atoms with E-state index >= 15 is 0 Å². The van der Waals surface area contributed by atoms with Gasteiger partial charge in [-0.05, 0) is 13.0 Å². The molecule has 90 valence electrons. The summed E-state index contributed by atoms with van der Waals surface area (Å²) in [5.41, 5.74) is 6.06. The van der Waals surface area contributed by atoms with Crippen molar-refractivity contribution in [1.82, 2.24) is 0 Å². The molecule has 16 heavy (non-hydrogen) atoms. The Bertz CT molecular complexity index is 348. The van der Waals surface area contributed by atoms with Crippen LogP contribution in [0.3, 0.4) is 0 Å². The molecule has 1 aromatic carbocycles. The van der Waals surface area contributed by atoms with Crippen LogP contribution < -0.4 is 15.2 Å². The number of para-hydroxylation sites is 1. The Kier molecular flexibility index (Phi) is 4.15. The molecule has 2 N–H and O–H groups in total. The monoisotopic (exact) mass is 225 g/mol. The first-order valence-electron chi connectivity index (χ1n) is 5.09. The Balaban J connectivity index is 3.32. The molecule has 1 atom stereocenters. The van der Waals surface area contributed by atoms with Gasteiger partial charge < -0.3 is 19.9 Å². The van der Waals surface area contributed by atoms with Gasteiger partial charge in [0.05, 0.1) is 14.2 Å². The van der Waals surface area contributed by atoms with E-state index in [0.717, 1.165) is 5.56 Å². The normalized spacial score (nSPS) is 14.3. The Morgan fingerprint density at radius 3 is 2.31 bits per heavy atom. The molecule has 1 rings (SSSR count). The third kappa shape index (κ3) is 2.13. The Morgan fingerprint density at radius 2 is 1.88 bits per heavy atom. The van der Waals surface area contributed by atoms with Crippen molar-refractivity contribution in [3.05, 3.63) is 23.8 Å². The smallest absolute Gasteiger partial charge is 0.166 e. The minimum Gasteiger partial charge on any atom is -0.493 e. The van der Waals surface area contributed by atoms with Crippen molar-refractivity contribution in [2.24, 2.45) is 5.73 Å². The van der Waals surface area contributed by atoms with Crippen molar-refractivity contribution in [1.29, 1.82) is 0 Å². The van der Waals surface area contributed by atoms with Crippen molar-refractivity contribution in [2.45, 2.75) is 12.5 Å². The fraction of sp³-hybridized carbons (Fsp3) is 0.500. The van der Waals surface area contributed by atoms with Gasteiger partial charge in [0.25, 0.3) is 0 Å². The molecular formula is C12H19NO3. The van der Waals surface area contributed by atoms with Crippen molar-refractivity contribution in [3.63, 3.8) is 0 Å². The highest BCUT2D eigenvalue weighted by Gasteiger charge is 2.29.